The standard InChI is InChI=1S/C49H32BN3S/c1-3-13-37-48-30(2)34-14-4-6-18-39(34)52(48)43-28-32(29-44-47(43)50(37)38-17-12-16-36-35-15-5-7-19-40(35)53(44)49(36)38)31-24-26-33(27-25-31)51-41-20-8-10-22-45(41)54-46-23-11-9-21-42(46)51/h3-29H,1H2,2H3/b37-13+. The first-order valence-electron chi connectivity index (χ1n) is 18.6. The molecule has 0 saturated heterocycles. The molecule has 2 aromatic heterocycles. The van der Waals surface area contributed by atoms with Crippen molar-refractivity contribution in [3.05, 3.63) is 182 Å². The molecular formula is C49H32BN3S. The maximum Gasteiger partial charge on any atom is 0.252 e. The zero-order valence-corrected chi connectivity index (χ0v) is 30.4. The molecule has 0 unspecified atom stereocenters. The molecule has 0 atom stereocenters. The summed E-state index contributed by atoms with van der Waals surface area (Å²) in [4.78, 5) is 4.94. The number of aryl methyl sites for hydroxylation is 1. The molecule has 0 radical (unpaired) electrons. The number of rotatable bonds is 3. The molecule has 0 fully saturated rings. The summed E-state index contributed by atoms with van der Waals surface area (Å²) < 4.78 is 5.07. The Morgan fingerprint density at radius 3 is 1.91 bits per heavy atom. The average Bonchev–Trinajstić information content (AvgIpc) is 3.72. The number of allylic oxidation sites excluding steroid dienone is 2. The summed E-state index contributed by atoms with van der Waals surface area (Å²) in [7, 11) is 0. The number of hydrogen-bond acceptors (Lipinski definition) is 2. The number of aromatic nitrogens is 2. The number of fused-ring (bicyclic) bond motifs is 11. The number of benzene rings is 7. The van der Waals surface area contributed by atoms with E-state index in [0.717, 1.165) is 5.69 Å². The van der Waals surface area contributed by atoms with Crippen LogP contribution in [0.15, 0.2) is 180 Å². The third-order valence-corrected chi connectivity index (χ3v) is 13.0. The Kier molecular flexibility index (Phi) is 6.15. The minimum Gasteiger partial charge on any atom is -0.311 e. The third kappa shape index (κ3) is 3.89. The largest absolute Gasteiger partial charge is 0.311 e. The molecule has 9 aromatic rings. The van der Waals surface area contributed by atoms with Crippen LogP contribution < -0.4 is 15.8 Å². The van der Waals surface area contributed by atoms with E-state index >= 15 is 0 Å². The van der Waals surface area contributed by atoms with Gasteiger partial charge in [0.25, 0.3) is 6.71 Å². The van der Waals surface area contributed by atoms with Gasteiger partial charge < -0.3 is 14.0 Å². The smallest absolute Gasteiger partial charge is 0.252 e. The second-order valence-corrected chi connectivity index (χ2v) is 15.6. The molecular weight excluding hydrogens is 673 g/mol. The summed E-state index contributed by atoms with van der Waals surface area (Å²) >= 11 is 1.84. The monoisotopic (exact) mass is 705 g/mol. The first-order chi connectivity index (χ1) is 26.7. The molecule has 5 heterocycles. The van der Waals surface area contributed by atoms with Crippen LogP contribution >= 0.6 is 11.8 Å². The average molecular weight is 706 g/mol. The van der Waals surface area contributed by atoms with Crippen molar-refractivity contribution in [3.63, 3.8) is 0 Å². The Balaban J connectivity index is 1.14. The van der Waals surface area contributed by atoms with E-state index < -0.39 is 0 Å². The fourth-order valence-corrected chi connectivity index (χ4v) is 10.7. The molecule has 0 N–H and O–H groups in total. The van der Waals surface area contributed by atoms with Gasteiger partial charge in [0.2, 0.25) is 0 Å². The van der Waals surface area contributed by atoms with Gasteiger partial charge in [-0.2, -0.15) is 0 Å². The molecule has 0 spiro atoms. The van der Waals surface area contributed by atoms with E-state index in [1.165, 1.54) is 104 Å². The fraction of sp³-hybridized carbons (Fsp3) is 0.0204. The first kappa shape index (κ1) is 30.1. The molecule has 0 saturated carbocycles. The van der Waals surface area contributed by atoms with Gasteiger partial charge in [0, 0.05) is 54.2 Å². The van der Waals surface area contributed by atoms with Gasteiger partial charge in [0.1, 0.15) is 0 Å². The maximum absolute atomic E-state index is 4.23. The summed E-state index contributed by atoms with van der Waals surface area (Å²) in [6.07, 6.45) is 4.23. The molecule has 3 aliphatic heterocycles. The molecule has 0 bridgehead atoms. The predicted molar refractivity (Wildman–Crippen MR) is 230 cm³/mol. The van der Waals surface area contributed by atoms with Crippen molar-refractivity contribution < 1.29 is 0 Å². The third-order valence-electron chi connectivity index (χ3n) is 11.8. The van der Waals surface area contributed by atoms with Crippen molar-refractivity contribution in [2.75, 3.05) is 4.90 Å². The molecule has 0 amide bonds. The highest BCUT2D eigenvalue weighted by Crippen LogP contribution is 2.51. The zero-order chi connectivity index (χ0) is 35.7. The van der Waals surface area contributed by atoms with Gasteiger partial charge in [-0.15, -0.1) is 0 Å². The van der Waals surface area contributed by atoms with Gasteiger partial charge in [-0.1, -0.05) is 121 Å². The van der Waals surface area contributed by atoms with Crippen molar-refractivity contribution in [2.45, 2.75) is 16.7 Å². The predicted octanol–water partition coefficient (Wildman–Crippen LogP) is 11.7. The first-order valence-corrected chi connectivity index (χ1v) is 19.4. The van der Waals surface area contributed by atoms with Crippen molar-refractivity contribution in [1.29, 1.82) is 0 Å². The Labute approximate surface area is 318 Å². The van der Waals surface area contributed by atoms with Crippen LogP contribution in [-0.2, 0) is 0 Å². The van der Waals surface area contributed by atoms with Crippen LogP contribution in [0.1, 0.15) is 11.3 Å². The summed E-state index contributed by atoms with van der Waals surface area (Å²) in [5, 5.41) is 3.87. The van der Waals surface area contributed by atoms with Crippen LogP contribution in [0.2, 0.25) is 0 Å². The van der Waals surface area contributed by atoms with Gasteiger partial charge in [-0.25, -0.2) is 0 Å². The molecule has 0 aliphatic carbocycles. The summed E-state index contributed by atoms with van der Waals surface area (Å²) in [6.45, 7) is 6.58. The normalized spacial score (nSPS) is 14.4. The quantitative estimate of drug-likeness (QED) is 0.170. The van der Waals surface area contributed by atoms with Crippen LogP contribution in [0.25, 0.3) is 60.7 Å². The molecule has 7 aromatic carbocycles. The zero-order valence-electron chi connectivity index (χ0n) is 29.6. The minimum atomic E-state index is 0.0672. The molecule has 3 nitrogen and oxygen atoms in total. The molecule has 3 aliphatic rings. The van der Waals surface area contributed by atoms with Crippen molar-refractivity contribution in [2.24, 2.45) is 0 Å². The lowest BCUT2D eigenvalue weighted by molar-refractivity contribution is 1.08. The minimum absolute atomic E-state index is 0.0672. The van der Waals surface area contributed by atoms with E-state index in [1.54, 1.807) is 0 Å². The summed E-state index contributed by atoms with van der Waals surface area (Å²) in [5.74, 6) is 0. The second kappa shape index (κ2) is 11.0. The Bertz CT molecular complexity index is 3080. The summed E-state index contributed by atoms with van der Waals surface area (Å²) in [6, 6.07) is 56.2. The van der Waals surface area contributed by atoms with E-state index in [-0.39, 0.29) is 6.71 Å². The van der Waals surface area contributed by atoms with Crippen molar-refractivity contribution in [3.8, 4) is 22.5 Å². The van der Waals surface area contributed by atoms with Crippen LogP contribution in [-0.4, -0.2) is 15.8 Å². The highest BCUT2D eigenvalue weighted by molar-refractivity contribution is 7.99. The highest BCUT2D eigenvalue weighted by atomic mass is 32.2. The van der Waals surface area contributed by atoms with Crippen LogP contribution in [0.5, 0.6) is 0 Å². The van der Waals surface area contributed by atoms with Gasteiger partial charge >= 0.3 is 0 Å². The summed E-state index contributed by atoms with van der Waals surface area (Å²) in [5.41, 5.74) is 18.8. The Hall–Kier alpha value is -6.43. The fourth-order valence-electron chi connectivity index (χ4n) is 9.68. The van der Waals surface area contributed by atoms with E-state index in [9.17, 15) is 0 Å². The van der Waals surface area contributed by atoms with Crippen LogP contribution in [0.4, 0.5) is 17.1 Å². The van der Waals surface area contributed by atoms with Gasteiger partial charge in [0.05, 0.1) is 22.4 Å². The van der Waals surface area contributed by atoms with Gasteiger partial charge in [-0.05, 0) is 101 Å². The topological polar surface area (TPSA) is 13.1 Å². The molecule has 252 valence electrons. The van der Waals surface area contributed by atoms with E-state index in [4.69, 9.17) is 0 Å². The molecule has 54 heavy (non-hydrogen) atoms. The van der Waals surface area contributed by atoms with Gasteiger partial charge in [0.15, 0.2) is 0 Å². The van der Waals surface area contributed by atoms with Crippen molar-refractivity contribution in [1.82, 2.24) is 9.13 Å². The lowest BCUT2D eigenvalue weighted by Crippen LogP contribution is -2.53. The number of nitrogens with zero attached hydrogens (tertiary/aromatic N) is 3. The number of para-hydroxylation sites is 5. The van der Waals surface area contributed by atoms with Crippen molar-refractivity contribution >= 4 is 84.6 Å². The number of anilines is 3. The Morgan fingerprint density at radius 2 is 1.19 bits per heavy atom. The highest BCUT2D eigenvalue weighted by Gasteiger charge is 2.42. The SMILES string of the molecule is C=C/C=C1/B2c3c(cc(-c4ccc(N5c6ccccc6Sc6ccccc65)cc4)cc3-n3c4ccccc4c4cccc2c43)-n2c1c(C)c1ccccc12. The lowest BCUT2D eigenvalue weighted by atomic mass is 9.33. The van der Waals surface area contributed by atoms with Crippen LogP contribution in [0, 0.1) is 6.92 Å². The second-order valence-electron chi connectivity index (χ2n) is 14.6. The molecule has 5 heteroatoms. The lowest BCUT2D eigenvalue weighted by Gasteiger charge is -2.36. The van der Waals surface area contributed by atoms with E-state index in [0.29, 0.717) is 0 Å². The van der Waals surface area contributed by atoms with Gasteiger partial charge in [-0.3, -0.25) is 0 Å². The Morgan fingerprint density at radius 1 is 0.574 bits per heavy atom. The number of hydrogen-bond donors (Lipinski definition) is 0. The molecule has 12 rings (SSSR count). The van der Waals surface area contributed by atoms with E-state index in [1.807, 2.05) is 17.8 Å². The van der Waals surface area contributed by atoms with Crippen LogP contribution in [0.3, 0.4) is 0 Å². The maximum atomic E-state index is 4.23. The van der Waals surface area contributed by atoms with E-state index in [2.05, 4.69) is 185 Å².